The smallest absolute Gasteiger partial charge is 0.242 e. The molecule has 2 aliphatic heterocycles. The van der Waals surface area contributed by atoms with Crippen molar-refractivity contribution in [1.29, 1.82) is 0 Å². The number of halogens is 1. The molecule has 3 rings (SSSR count). The number of fused-ring (bicyclic) bond motifs is 1. The predicted octanol–water partition coefficient (Wildman–Crippen LogP) is 2.10. The maximum absolute atomic E-state index is 12.7. The summed E-state index contributed by atoms with van der Waals surface area (Å²) in [7, 11) is 1.73. The summed E-state index contributed by atoms with van der Waals surface area (Å²) in [6, 6.07) is 8.08. The minimum atomic E-state index is -0.273. The Hall–Kier alpha value is -1.84. The van der Waals surface area contributed by atoms with Gasteiger partial charge >= 0.3 is 0 Å². The highest BCUT2D eigenvalue weighted by molar-refractivity contribution is 14.0. The molecule has 1 N–H and O–H groups in total. The number of aliphatic imine (C=N–C) groups is 1. The number of hydrogen-bond acceptors (Lipinski definition) is 3. The lowest BCUT2D eigenvalue weighted by Crippen LogP contribution is -2.66. The molecule has 1 fully saturated rings. The molecular formula is C21H32IN5O2. The SMILES string of the molecule is CN=C(NCCN1C(=O)Cc2ccccc21)N1CC(=O)N(C(C)C)C(C)(C)C1.I. The van der Waals surface area contributed by atoms with Crippen LogP contribution in [0.3, 0.4) is 0 Å². The van der Waals surface area contributed by atoms with Crippen molar-refractivity contribution >= 4 is 47.4 Å². The van der Waals surface area contributed by atoms with Crippen LogP contribution in [0, 0.1) is 0 Å². The highest BCUT2D eigenvalue weighted by atomic mass is 127. The van der Waals surface area contributed by atoms with E-state index >= 15 is 0 Å². The molecule has 0 bridgehead atoms. The monoisotopic (exact) mass is 513 g/mol. The quantitative estimate of drug-likeness (QED) is 0.381. The average molecular weight is 513 g/mol. The molecule has 0 unspecified atom stereocenters. The van der Waals surface area contributed by atoms with Gasteiger partial charge in [-0.05, 0) is 39.3 Å². The first kappa shape index (κ1) is 23.4. The van der Waals surface area contributed by atoms with Crippen LogP contribution in [0.15, 0.2) is 29.3 Å². The number of nitrogens with zero attached hydrogens (tertiary/aromatic N) is 4. The number of para-hydroxylation sites is 1. The Labute approximate surface area is 190 Å². The molecule has 1 aromatic carbocycles. The zero-order chi connectivity index (χ0) is 20.5. The Morgan fingerprint density at radius 2 is 1.90 bits per heavy atom. The van der Waals surface area contributed by atoms with Crippen molar-refractivity contribution in [2.45, 2.75) is 45.7 Å². The summed E-state index contributed by atoms with van der Waals surface area (Å²) >= 11 is 0. The molecule has 2 aliphatic rings. The molecule has 8 heteroatoms. The van der Waals surface area contributed by atoms with Crippen LogP contribution < -0.4 is 10.2 Å². The molecule has 0 aliphatic carbocycles. The number of amides is 2. The van der Waals surface area contributed by atoms with Gasteiger partial charge in [0, 0.05) is 38.4 Å². The van der Waals surface area contributed by atoms with Crippen LogP contribution in [-0.2, 0) is 16.0 Å². The zero-order valence-electron chi connectivity index (χ0n) is 17.9. The zero-order valence-corrected chi connectivity index (χ0v) is 20.3. The third kappa shape index (κ3) is 4.84. The van der Waals surface area contributed by atoms with Crippen LogP contribution in [0.2, 0.25) is 0 Å². The van der Waals surface area contributed by atoms with Crippen molar-refractivity contribution in [3.63, 3.8) is 0 Å². The van der Waals surface area contributed by atoms with Crippen LogP contribution in [0.5, 0.6) is 0 Å². The van der Waals surface area contributed by atoms with Crippen molar-refractivity contribution in [3.05, 3.63) is 29.8 Å². The van der Waals surface area contributed by atoms with Gasteiger partial charge in [-0.15, -0.1) is 24.0 Å². The maximum Gasteiger partial charge on any atom is 0.242 e. The summed E-state index contributed by atoms with van der Waals surface area (Å²) in [6.07, 6.45) is 0.463. The predicted molar refractivity (Wildman–Crippen MR) is 127 cm³/mol. The molecule has 2 amide bonds. The van der Waals surface area contributed by atoms with Crippen LogP contribution in [0.4, 0.5) is 5.69 Å². The fourth-order valence-electron chi connectivity index (χ4n) is 4.49. The third-order valence-corrected chi connectivity index (χ3v) is 5.40. The Balaban J connectivity index is 0.00000300. The molecule has 2 heterocycles. The van der Waals surface area contributed by atoms with E-state index < -0.39 is 0 Å². The minimum Gasteiger partial charge on any atom is -0.354 e. The lowest BCUT2D eigenvalue weighted by atomic mass is 9.96. The van der Waals surface area contributed by atoms with Crippen molar-refractivity contribution in [2.75, 3.05) is 38.1 Å². The van der Waals surface area contributed by atoms with Crippen molar-refractivity contribution in [3.8, 4) is 0 Å². The highest BCUT2D eigenvalue weighted by Gasteiger charge is 2.40. The van der Waals surface area contributed by atoms with E-state index in [1.54, 1.807) is 7.05 Å². The first-order chi connectivity index (χ1) is 13.2. The lowest BCUT2D eigenvalue weighted by Gasteiger charge is -2.49. The average Bonchev–Trinajstić information content (AvgIpc) is 2.92. The van der Waals surface area contributed by atoms with Gasteiger partial charge in [0.1, 0.15) is 0 Å². The van der Waals surface area contributed by atoms with Crippen LogP contribution >= 0.6 is 24.0 Å². The van der Waals surface area contributed by atoms with Gasteiger partial charge in [-0.25, -0.2) is 0 Å². The van der Waals surface area contributed by atoms with Gasteiger partial charge in [0.25, 0.3) is 0 Å². The molecule has 0 spiro atoms. The number of anilines is 1. The van der Waals surface area contributed by atoms with Gasteiger partial charge in [0.15, 0.2) is 5.96 Å². The number of hydrogen-bond donors (Lipinski definition) is 1. The summed E-state index contributed by atoms with van der Waals surface area (Å²) in [5.74, 6) is 0.933. The molecule has 1 saturated heterocycles. The van der Waals surface area contributed by atoms with Gasteiger partial charge in [-0.3, -0.25) is 14.6 Å². The Kier molecular flexibility index (Phi) is 7.53. The van der Waals surface area contributed by atoms with Crippen molar-refractivity contribution in [2.24, 2.45) is 4.99 Å². The number of guanidine groups is 1. The first-order valence-electron chi connectivity index (χ1n) is 9.90. The van der Waals surface area contributed by atoms with E-state index in [9.17, 15) is 9.59 Å². The molecule has 0 aromatic heterocycles. The maximum atomic E-state index is 12.7. The number of rotatable bonds is 4. The van der Waals surface area contributed by atoms with E-state index in [1.807, 2.05) is 52.8 Å². The lowest BCUT2D eigenvalue weighted by molar-refractivity contribution is -0.145. The summed E-state index contributed by atoms with van der Waals surface area (Å²) in [5.41, 5.74) is 1.80. The molecule has 0 radical (unpaired) electrons. The van der Waals surface area contributed by atoms with E-state index in [0.717, 1.165) is 11.3 Å². The van der Waals surface area contributed by atoms with Gasteiger partial charge < -0.3 is 20.0 Å². The molecule has 29 heavy (non-hydrogen) atoms. The van der Waals surface area contributed by atoms with E-state index in [0.29, 0.717) is 38.6 Å². The van der Waals surface area contributed by atoms with Crippen molar-refractivity contribution < 1.29 is 9.59 Å². The molecule has 0 atom stereocenters. The summed E-state index contributed by atoms with van der Waals surface area (Å²) < 4.78 is 0. The van der Waals surface area contributed by atoms with Gasteiger partial charge in [-0.1, -0.05) is 18.2 Å². The fraction of sp³-hybridized carbons (Fsp3) is 0.571. The van der Waals surface area contributed by atoms with Gasteiger partial charge in [0.05, 0.1) is 18.5 Å². The second kappa shape index (κ2) is 9.32. The highest BCUT2D eigenvalue weighted by Crippen LogP contribution is 2.28. The van der Waals surface area contributed by atoms with E-state index in [-0.39, 0.29) is 47.4 Å². The normalized spacial score (nSPS) is 18.8. The topological polar surface area (TPSA) is 68.2 Å². The number of benzene rings is 1. The van der Waals surface area contributed by atoms with Crippen LogP contribution in [0.1, 0.15) is 33.3 Å². The number of nitrogens with one attached hydrogen (secondary N) is 1. The van der Waals surface area contributed by atoms with E-state index in [2.05, 4.69) is 24.2 Å². The van der Waals surface area contributed by atoms with Crippen LogP contribution in [0.25, 0.3) is 0 Å². The molecule has 1 aromatic rings. The number of piperazine rings is 1. The largest absolute Gasteiger partial charge is 0.354 e. The molecule has 7 nitrogen and oxygen atoms in total. The van der Waals surface area contributed by atoms with Crippen LogP contribution in [-0.4, -0.2) is 72.4 Å². The van der Waals surface area contributed by atoms with E-state index in [1.165, 1.54) is 0 Å². The molecule has 160 valence electrons. The molecule has 0 saturated carbocycles. The molecular weight excluding hydrogens is 481 g/mol. The number of carbonyl (C=O) groups is 2. The Morgan fingerprint density at radius 3 is 2.52 bits per heavy atom. The van der Waals surface area contributed by atoms with E-state index in [4.69, 9.17) is 0 Å². The fourth-order valence-corrected chi connectivity index (χ4v) is 4.49. The summed E-state index contributed by atoms with van der Waals surface area (Å²) in [5, 5.41) is 3.33. The third-order valence-electron chi connectivity index (χ3n) is 5.40. The Morgan fingerprint density at radius 1 is 1.21 bits per heavy atom. The second-order valence-electron chi connectivity index (χ2n) is 8.35. The number of carbonyl (C=O) groups excluding carboxylic acids is 2. The second-order valence-corrected chi connectivity index (χ2v) is 8.35. The summed E-state index contributed by atoms with van der Waals surface area (Å²) in [4.78, 5) is 35.2. The Bertz CT molecular complexity index is 793. The van der Waals surface area contributed by atoms with Gasteiger partial charge in [-0.2, -0.15) is 0 Å². The first-order valence-corrected chi connectivity index (χ1v) is 9.90. The van der Waals surface area contributed by atoms with Crippen molar-refractivity contribution in [1.82, 2.24) is 15.1 Å². The standard InChI is InChI=1S/C21H31N5O2.HI/c1-15(2)26-19(28)13-24(14-21(26,3)4)20(22-5)23-10-11-25-17-9-7-6-8-16(17)12-18(25)27;/h6-9,15H,10-14H2,1-5H3,(H,22,23);1H. The van der Waals surface area contributed by atoms with Gasteiger partial charge in [0.2, 0.25) is 11.8 Å². The minimum absolute atomic E-state index is 0. The summed E-state index contributed by atoms with van der Waals surface area (Å²) in [6.45, 7) is 10.4.